The molecule has 3 aromatic heterocycles. The highest BCUT2D eigenvalue weighted by Crippen LogP contribution is 2.32. The van der Waals surface area contributed by atoms with Crippen molar-refractivity contribution in [3.05, 3.63) is 71.1 Å². The number of hydrogen-bond acceptors (Lipinski definition) is 6. The molecule has 0 aliphatic rings. The number of pyridine rings is 2. The number of aromatic nitrogens is 4. The van der Waals surface area contributed by atoms with Crippen molar-refractivity contribution >= 4 is 34.1 Å². The Morgan fingerprint density at radius 1 is 1.00 bits per heavy atom. The second-order valence-electron chi connectivity index (χ2n) is 6.73. The van der Waals surface area contributed by atoms with Crippen molar-refractivity contribution in [3.8, 4) is 11.4 Å². The van der Waals surface area contributed by atoms with Crippen LogP contribution >= 0.6 is 11.6 Å². The molecular weight excluding hydrogens is 443 g/mol. The molecule has 10 heteroatoms. The molecule has 0 aliphatic heterocycles. The maximum Gasteiger partial charge on any atom is 0.416 e. The number of hydrogen-bond donors (Lipinski definition) is 1. The molecule has 0 amide bonds. The fourth-order valence-electron chi connectivity index (χ4n) is 2.99. The molecule has 6 nitrogen and oxygen atoms in total. The summed E-state index contributed by atoms with van der Waals surface area (Å²) in [5, 5.41) is 4.09. The molecule has 0 spiro atoms. The Morgan fingerprint density at radius 3 is 2.47 bits per heavy atom. The topological polar surface area (TPSA) is 72.8 Å². The molecule has 164 valence electrons. The number of rotatable bonds is 6. The lowest BCUT2D eigenvalue weighted by molar-refractivity contribution is -0.137. The van der Waals surface area contributed by atoms with Gasteiger partial charge in [-0.25, -0.2) is 15.0 Å². The normalized spacial score (nSPS) is 11.7. The van der Waals surface area contributed by atoms with Gasteiger partial charge in [-0.1, -0.05) is 11.6 Å². The predicted octanol–water partition coefficient (Wildman–Crippen LogP) is 6.04. The molecule has 1 N–H and O–H groups in total. The number of fused-ring (bicyclic) bond motifs is 1. The number of nitrogens with one attached hydrogen (secondary N) is 1. The lowest BCUT2D eigenvalue weighted by Crippen LogP contribution is -2.06. The molecule has 4 aromatic rings. The van der Waals surface area contributed by atoms with Crippen molar-refractivity contribution < 1.29 is 17.9 Å². The summed E-state index contributed by atoms with van der Waals surface area (Å²) in [4.78, 5) is 17.8. The number of anilines is 2. The van der Waals surface area contributed by atoms with Crippen LogP contribution in [0.5, 0.6) is 0 Å². The fraction of sp³-hybridized carbons (Fsp3) is 0.182. The molecular formula is C22H17ClF3N5O. The first-order valence-corrected chi connectivity index (χ1v) is 10.0. The fourth-order valence-corrected chi connectivity index (χ4v) is 3.21. The van der Waals surface area contributed by atoms with E-state index in [1.807, 2.05) is 6.92 Å². The van der Waals surface area contributed by atoms with Crippen molar-refractivity contribution in [2.24, 2.45) is 0 Å². The van der Waals surface area contributed by atoms with Crippen molar-refractivity contribution in [3.63, 3.8) is 0 Å². The first-order valence-electron chi connectivity index (χ1n) is 9.65. The molecule has 0 fully saturated rings. The summed E-state index contributed by atoms with van der Waals surface area (Å²) < 4.78 is 44.0. The van der Waals surface area contributed by atoms with E-state index < -0.39 is 11.7 Å². The van der Waals surface area contributed by atoms with Crippen molar-refractivity contribution in [2.45, 2.75) is 19.7 Å². The Bertz CT molecular complexity index is 1250. The molecule has 0 atom stereocenters. The second-order valence-corrected chi connectivity index (χ2v) is 7.13. The molecule has 0 saturated carbocycles. The zero-order valence-corrected chi connectivity index (χ0v) is 17.6. The summed E-state index contributed by atoms with van der Waals surface area (Å²) in [5.74, 6) is 0.779. The largest absolute Gasteiger partial charge is 0.416 e. The van der Waals surface area contributed by atoms with Gasteiger partial charge in [-0.05, 0) is 55.5 Å². The van der Waals surface area contributed by atoms with E-state index in [9.17, 15) is 13.2 Å². The summed E-state index contributed by atoms with van der Waals surface area (Å²) in [6, 6.07) is 11.6. The summed E-state index contributed by atoms with van der Waals surface area (Å²) in [6.07, 6.45) is -2.79. The van der Waals surface area contributed by atoms with Gasteiger partial charge in [-0.15, -0.1) is 0 Å². The van der Waals surface area contributed by atoms with E-state index >= 15 is 0 Å². The van der Waals surface area contributed by atoms with Gasteiger partial charge in [0.1, 0.15) is 18.1 Å². The van der Waals surface area contributed by atoms with E-state index in [2.05, 4.69) is 25.3 Å². The Balaban J connectivity index is 1.75. The highest BCUT2D eigenvalue weighted by molar-refractivity contribution is 6.32. The highest BCUT2D eigenvalue weighted by atomic mass is 35.5. The van der Waals surface area contributed by atoms with Gasteiger partial charge in [-0.3, -0.25) is 4.98 Å². The third kappa shape index (κ3) is 4.79. The summed E-state index contributed by atoms with van der Waals surface area (Å²) in [5.41, 5.74) is 1.13. The molecule has 0 bridgehead atoms. The SMILES string of the molecule is CCOCc1nc(Nc2ccc(C(F)(F)F)cc2)c2ccc(-c3ncccc3Cl)nc2n1. The third-order valence-electron chi connectivity index (χ3n) is 4.52. The zero-order valence-electron chi connectivity index (χ0n) is 16.8. The van der Waals surface area contributed by atoms with Crippen LogP contribution in [0, 0.1) is 0 Å². The van der Waals surface area contributed by atoms with Gasteiger partial charge < -0.3 is 10.1 Å². The Morgan fingerprint density at radius 2 is 1.78 bits per heavy atom. The first-order chi connectivity index (χ1) is 15.3. The maximum atomic E-state index is 12.9. The van der Waals surface area contributed by atoms with Crippen molar-refractivity contribution in [1.29, 1.82) is 0 Å². The average molecular weight is 460 g/mol. The summed E-state index contributed by atoms with van der Waals surface area (Å²) >= 11 is 6.25. The lowest BCUT2D eigenvalue weighted by Gasteiger charge is -2.13. The van der Waals surface area contributed by atoms with Crippen LogP contribution in [0.4, 0.5) is 24.7 Å². The minimum Gasteiger partial charge on any atom is -0.374 e. The highest BCUT2D eigenvalue weighted by Gasteiger charge is 2.30. The second kappa shape index (κ2) is 9.05. The predicted molar refractivity (Wildman–Crippen MR) is 116 cm³/mol. The lowest BCUT2D eigenvalue weighted by atomic mass is 10.2. The van der Waals surface area contributed by atoms with E-state index in [-0.39, 0.29) is 6.61 Å². The van der Waals surface area contributed by atoms with Crippen molar-refractivity contribution in [2.75, 3.05) is 11.9 Å². The van der Waals surface area contributed by atoms with Crippen LogP contribution in [0.3, 0.4) is 0 Å². The van der Waals surface area contributed by atoms with Gasteiger partial charge in [0.25, 0.3) is 0 Å². The van der Waals surface area contributed by atoms with Crippen LogP contribution in [0.2, 0.25) is 5.02 Å². The van der Waals surface area contributed by atoms with Crippen LogP contribution in [0.15, 0.2) is 54.7 Å². The molecule has 0 aliphatic carbocycles. The van der Waals surface area contributed by atoms with Gasteiger partial charge in [0.2, 0.25) is 0 Å². The van der Waals surface area contributed by atoms with Gasteiger partial charge in [0, 0.05) is 18.5 Å². The number of nitrogens with zero attached hydrogens (tertiary/aromatic N) is 4. The van der Waals surface area contributed by atoms with Gasteiger partial charge >= 0.3 is 6.18 Å². The van der Waals surface area contributed by atoms with Gasteiger partial charge in [-0.2, -0.15) is 13.2 Å². The molecule has 32 heavy (non-hydrogen) atoms. The maximum absolute atomic E-state index is 12.9. The Labute approximate surface area is 186 Å². The van der Waals surface area contributed by atoms with Crippen LogP contribution in [-0.2, 0) is 17.5 Å². The summed E-state index contributed by atoms with van der Waals surface area (Å²) in [6.45, 7) is 2.48. The van der Waals surface area contributed by atoms with Crippen LogP contribution in [0.25, 0.3) is 22.4 Å². The molecule has 0 saturated heterocycles. The quantitative estimate of drug-likeness (QED) is 0.379. The van der Waals surface area contributed by atoms with E-state index in [1.165, 1.54) is 12.1 Å². The van der Waals surface area contributed by atoms with E-state index in [0.717, 1.165) is 12.1 Å². The Kier molecular flexibility index (Phi) is 6.20. The molecule has 0 unspecified atom stereocenters. The van der Waals surface area contributed by atoms with E-state index in [0.29, 0.717) is 51.4 Å². The number of alkyl halides is 3. The Hall–Kier alpha value is -3.30. The molecule has 0 radical (unpaired) electrons. The van der Waals surface area contributed by atoms with Gasteiger partial charge in [0.05, 0.1) is 21.7 Å². The minimum absolute atomic E-state index is 0.157. The third-order valence-corrected chi connectivity index (χ3v) is 4.82. The molecule has 3 heterocycles. The molecule has 1 aromatic carbocycles. The number of benzene rings is 1. The zero-order chi connectivity index (χ0) is 22.7. The number of halogens is 4. The summed E-state index contributed by atoms with van der Waals surface area (Å²) in [7, 11) is 0. The first kappa shape index (κ1) is 21.9. The minimum atomic E-state index is -4.40. The smallest absolute Gasteiger partial charge is 0.374 e. The molecule has 4 rings (SSSR count). The van der Waals surface area contributed by atoms with E-state index in [4.69, 9.17) is 16.3 Å². The average Bonchev–Trinajstić information content (AvgIpc) is 2.77. The monoisotopic (exact) mass is 459 g/mol. The number of ether oxygens (including phenoxy) is 1. The van der Waals surface area contributed by atoms with Crippen LogP contribution < -0.4 is 5.32 Å². The van der Waals surface area contributed by atoms with Gasteiger partial charge in [0.15, 0.2) is 11.5 Å². The van der Waals surface area contributed by atoms with E-state index in [1.54, 1.807) is 30.5 Å². The van der Waals surface area contributed by atoms with Crippen LogP contribution in [-0.4, -0.2) is 26.5 Å². The standard InChI is InChI=1S/C22H17ClF3N5O/c1-2-32-12-18-30-20(28-14-7-5-13(6-8-14)22(24,25)26)15-9-10-17(29-21(15)31-18)19-16(23)4-3-11-27-19/h3-11H,2,12H2,1H3,(H,28,29,30,31). The van der Waals surface area contributed by atoms with Crippen molar-refractivity contribution in [1.82, 2.24) is 19.9 Å². The van der Waals surface area contributed by atoms with Crippen LogP contribution in [0.1, 0.15) is 18.3 Å².